The number of hydrogen-bond donors (Lipinski definition) is 1. The van der Waals surface area contributed by atoms with Crippen LogP contribution in [0.25, 0.3) is 0 Å². The molecule has 0 aliphatic carbocycles. The van der Waals surface area contributed by atoms with Gasteiger partial charge in [0.05, 0.1) is 11.6 Å². The molecule has 0 radical (unpaired) electrons. The number of alkyl halides is 3. The van der Waals surface area contributed by atoms with E-state index in [4.69, 9.17) is 17.3 Å². The molecule has 2 heterocycles. The third kappa shape index (κ3) is 7.40. The zero-order chi connectivity index (χ0) is 30.8. The lowest BCUT2D eigenvalue weighted by Gasteiger charge is -2.50. The van der Waals surface area contributed by atoms with Crippen LogP contribution in [0, 0.1) is 11.3 Å². The van der Waals surface area contributed by atoms with Crippen molar-refractivity contribution in [1.82, 2.24) is 14.7 Å². The molecule has 2 N–H and O–H groups in total. The number of amides is 3. The molecule has 0 aromatic heterocycles. The van der Waals surface area contributed by atoms with Gasteiger partial charge in [-0.15, -0.1) is 0 Å². The number of piperidine rings is 1. The highest BCUT2D eigenvalue weighted by molar-refractivity contribution is 6.30. The van der Waals surface area contributed by atoms with Gasteiger partial charge in [0.15, 0.2) is 0 Å². The number of halogens is 4. The molecule has 2 aliphatic rings. The highest BCUT2D eigenvalue weighted by atomic mass is 35.5. The van der Waals surface area contributed by atoms with Crippen molar-refractivity contribution in [2.24, 2.45) is 17.1 Å². The summed E-state index contributed by atoms with van der Waals surface area (Å²) in [6, 6.07) is 11.1. The minimum atomic E-state index is -4.42. The quantitative estimate of drug-likeness (QED) is 0.395. The summed E-state index contributed by atoms with van der Waals surface area (Å²) < 4.78 is 41.2. The number of likely N-dealkylation sites (tertiary alicyclic amines) is 1. The topological polar surface area (TPSA) is 69.9 Å². The summed E-state index contributed by atoms with van der Waals surface area (Å²) in [4.78, 5) is 31.1. The van der Waals surface area contributed by atoms with Gasteiger partial charge >= 0.3 is 12.2 Å². The summed E-state index contributed by atoms with van der Waals surface area (Å²) in [6.45, 7) is 10.9. The van der Waals surface area contributed by atoms with Crippen LogP contribution < -0.4 is 5.73 Å². The van der Waals surface area contributed by atoms with Crippen LogP contribution in [0.3, 0.4) is 0 Å². The van der Waals surface area contributed by atoms with E-state index < -0.39 is 17.8 Å². The minimum Gasteiger partial charge on any atom is -0.351 e. The summed E-state index contributed by atoms with van der Waals surface area (Å²) in [7, 11) is 0. The predicted octanol–water partition coefficient (Wildman–Crippen LogP) is 6.75. The summed E-state index contributed by atoms with van der Waals surface area (Å²) in [5.74, 6) is 0.311. The standard InChI is InChI=1S/C32H42ClF3N4O2/c1-5-22-19-24(8-11-26(22)32(34,35)36)29(23-6-9-25(33)10-7-23)39-16-17-40(27(20-39)31(2,3)4)28(41)18-21-12-14-38(15-13-21)30(37)42/h6-11,19,21,27,29H,5,12-18,20H2,1-4H3,(H2,37,42)/t27-,29?/m1/s1. The summed E-state index contributed by atoms with van der Waals surface area (Å²) in [6.07, 6.45) is -2.22. The fraction of sp³-hybridized carbons (Fsp3) is 0.562. The Kier molecular flexibility index (Phi) is 9.82. The van der Waals surface area contributed by atoms with Crippen molar-refractivity contribution >= 4 is 23.5 Å². The second-order valence-electron chi connectivity index (χ2n) is 12.7. The lowest BCUT2D eigenvalue weighted by atomic mass is 9.82. The van der Waals surface area contributed by atoms with E-state index in [1.54, 1.807) is 36.1 Å². The fourth-order valence-corrected chi connectivity index (χ4v) is 6.54. The van der Waals surface area contributed by atoms with Crippen LogP contribution in [-0.2, 0) is 17.4 Å². The number of rotatable bonds is 6. The maximum Gasteiger partial charge on any atom is 0.416 e. The number of urea groups is 1. The van der Waals surface area contributed by atoms with Gasteiger partial charge in [-0.25, -0.2) is 4.79 Å². The molecule has 4 rings (SSSR count). The smallest absolute Gasteiger partial charge is 0.351 e. The first-order chi connectivity index (χ1) is 19.7. The molecule has 10 heteroatoms. The average molecular weight is 607 g/mol. The second kappa shape index (κ2) is 12.8. The Bertz CT molecular complexity index is 1250. The number of aryl methyl sites for hydroxylation is 1. The number of carbonyl (C=O) groups excluding carboxylic acids is 2. The van der Waals surface area contributed by atoms with Gasteiger partial charge in [-0.05, 0) is 65.5 Å². The van der Waals surface area contributed by atoms with Crippen molar-refractivity contribution in [2.45, 2.75) is 71.6 Å². The molecule has 6 nitrogen and oxygen atoms in total. The summed E-state index contributed by atoms with van der Waals surface area (Å²) in [5.41, 5.74) is 6.58. The van der Waals surface area contributed by atoms with E-state index in [0.717, 1.165) is 24.0 Å². The average Bonchev–Trinajstić information content (AvgIpc) is 2.93. The zero-order valence-electron chi connectivity index (χ0n) is 24.9. The monoisotopic (exact) mass is 606 g/mol. The molecule has 0 bridgehead atoms. The SMILES string of the molecule is CCc1cc(C(c2ccc(Cl)cc2)N2CCN(C(=O)CC3CCN(C(N)=O)CC3)[C@@H](C(C)(C)C)C2)ccc1C(F)(F)F. The Labute approximate surface area is 252 Å². The lowest BCUT2D eigenvalue weighted by Crippen LogP contribution is -2.60. The van der Waals surface area contributed by atoms with Crippen LogP contribution >= 0.6 is 11.6 Å². The van der Waals surface area contributed by atoms with E-state index in [1.165, 1.54) is 6.07 Å². The molecule has 230 valence electrons. The maximum atomic E-state index is 13.7. The molecule has 2 atom stereocenters. The molecule has 42 heavy (non-hydrogen) atoms. The molecule has 1 unspecified atom stereocenters. The molecule has 2 saturated heterocycles. The van der Waals surface area contributed by atoms with Gasteiger partial charge in [0.25, 0.3) is 0 Å². The van der Waals surface area contributed by atoms with Crippen molar-refractivity contribution < 1.29 is 22.8 Å². The predicted molar refractivity (Wildman–Crippen MR) is 159 cm³/mol. The number of carbonyl (C=O) groups is 2. The number of piperazine rings is 1. The Morgan fingerprint density at radius 1 is 0.976 bits per heavy atom. The highest BCUT2D eigenvalue weighted by Crippen LogP contribution is 2.39. The normalized spacial score (nSPS) is 20.0. The molecular formula is C32H42ClF3N4O2. The van der Waals surface area contributed by atoms with Gasteiger partial charge in [-0.2, -0.15) is 13.2 Å². The summed E-state index contributed by atoms with van der Waals surface area (Å²) in [5, 5.41) is 0.587. The van der Waals surface area contributed by atoms with Crippen LogP contribution in [0.5, 0.6) is 0 Å². The van der Waals surface area contributed by atoms with Crippen molar-refractivity contribution in [3.63, 3.8) is 0 Å². The molecule has 2 fully saturated rings. The third-order valence-corrected chi connectivity index (χ3v) is 9.06. The van der Waals surface area contributed by atoms with E-state index in [0.29, 0.717) is 44.2 Å². The molecule has 2 aromatic rings. The molecular weight excluding hydrogens is 565 g/mol. The fourth-order valence-electron chi connectivity index (χ4n) is 6.41. The van der Waals surface area contributed by atoms with Crippen LogP contribution in [0.2, 0.25) is 5.02 Å². The van der Waals surface area contributed by atoms with Gasteiger partial charge in [-0.3, -0.25) is 9.69 Å². The van der Waals surface area contributed by atoms with Crippen LogP contribution in [0.1, 0.15) is 75.3 Å². The van der Waals surface area contributed by atoms with Gasteiger partial charge in [-0.1, -0.05) is 63.6 Å². The molecule has 0 spiro atoms. The Morgan fingerprint density at radius 2 is 1.60 bits per heavy atom. The van der Waals surface area contributed by atoms with Gasteiger partial charge < -0.3 is 15.5 Å². The van der Waals surface area contributed by atoms with Crippen LogP contribution in [-0.4, -0.2) is 65.4 Å². The number of nitrogens with two attached hydrogens (primary N) is 1. The highest BCUT2D eigenvalue weighted by Gasteiger charge is 2.41. The van der Waals surface area contributed by atoms with E-state index in [-0.39, 0.29) is 41.3 Å². The zero-order valence-corrected chi connectivity index (χ0v) is 25.6. The first-order valence-electron chi connectivity index (χ1n) is 14.7. The Balaban J connectivity index is 1.61. The van der Waals surface area contributed by atoms with Crippen LogP contribution in [0.4, 0.5) is 18.0 Å². The Hall–Kier alpha value is -2.78. The largest absolute Gasteiger partial charge is 0.416 e. The van der Waals surface area contributed by atoms with Gasteiger partial charge in [0, 0.05) is 50.2 Å². The maximum absolute atomic E-state index is 13.7. The van der Waals surface area contributed by atoms with E-state index in [9.17, 15) is 22.8 Å². The number of hydrogen-bond acceptors (Lipinski definition) is 3. The van der Waals surface area contributed by atoms with E-state index in [2.05, 4.69) is 25.7 Å². The van der Waals surface area contributed by atoms with Crippen molar-refractivity contribution in [2.75, 3.05) is 32.7 Å². The minimum absolute atomic E-state index is 0.0978. The molecule has 3 amide bonds. The lowest BCUT2D eigenvalue weighted by molar-refractivity contribution is -0.141. The Morgan fingerprint density at radius 3 is 2.14 bits per heavy atom. The third-order valence-electron chi connectivity index (χ3n) is 8.80. The molecule has 2 aromatic carbocycles. The van der Waals surface area contributed by atoms with Crippen LogP contribution in [0.15, 0.2) is 42.5 Å². The van der Waals surface area contributed by atoms with Crippen molar-refractivity contribution in [3.05, 3.63) is 69.7 Å². The number of primary amides is 1. The second-order valence-corrected chi connectivity index (χ2v) is 13.1. The van der Waals surface area contributed by atoms with E-state index >= 15 is 0 Å². The number of nitrogens with zero attached hydrogens (tertiary/aromatic N) is 3. The first-order valence-corrected chi connectivity index (χ1v) is 15.1. The first kappa shape index (κ1) is 32.1. The number of benzene rings is 2. The van der Waals surface area contributed by atoms with Crippen molar-refractivity contribution in [1.29, 1.82) is 0 Å². The molecule has 2 aliphatic heterocycles. The van der Waals surface area contributed by atoms with Gasteiger partial charge in [0.2, 0.25) is 5.91 Å². The van der Waals surface area contributed by atoms with Gasteiger partial charge in [0.1, 0.15) is 0 Å². The van der Waals surface area contributed by atoms with E-state index in [1.807, 2.05) is 17.0 Å². The molecule has 0 saturated carbocycles. The summed E-state index contributed by atoms with van der Waals surface area (Å²) >= 11 is 6.20. The van der Waals surface area contributed by atoms with Crippen molar-refractivity contribution in [3.8, 4) is 0 Å².